The molecule has 0 bridgehead atoms. The lowest BCUT2D eigenvalue weighted by Crippen LogP contribution is -2.17. The third-order valence-electron chi connectivity index (χ3n) is 3.86. The molecule has 0 atom stereocenters. The maximum atomic E-state index is 12.3. The van der Waals surface area contributed by atoms with Crippen LogP contribution >= 0.6 is 11.6 Å². The molecular formula is C21H17ClN2O4S. The van der Waals surface area contributed by atoms with Gasteiger partial charge in [0.25, 0.3) is 5.91 Å². The Morgan fingerprint density at radius 2 is 1.72 bits per heavy atom. The molecule has 0 fully saturated rings. The van der Waals surface area contributed by atoms with Gasteiger partial charge in [0.15, 0.2) is 0 Å². The molecule has 1 N–H and O–H groups in total. The van der Waals surface area contributed by atoms with Crippen molar-refractivity contribution in [2.75, 3.05) is 0 Å². The smallest absolute Gasteiger partial charge is 0.339 e. The average molecular weight is 429 g/mol. The van der Waals surface area contributed by atoms with E-state index in [0.29, 0.717) is 16.1 Å². The van der Waals surface area contributed by atoms with Crippen molar-refractivity contribution in [3.63, 3.8) is 0 Å². The summed E-state index contributed by atoms with van der Waals surface area (Å²) in [4.78, 5) is 12.1. The number of nitrogens with one attached hydrogen (secondary N) is 1. The highest BCUT2D eigenvalue weighted by molar-refractivity contribution is 7.87. The van der Waals surface area contributed by atoms with Gasteiger partial charge in [0.05, 0.1) is 6.21 Å². The second kappa shape index (κ2) is 8.89. The molecule has 3 rings (SSSR count). The van der Waals surface area contributed by atoms with E-state index in [1.807, 2.05) is 6.92 Å². The fraction of sp³-hybridized carbons (Fsp3) is 0.0476. The van der Waals surface area contributed by atoms with Gasteiger partial charge in [0, 0.05) is 10.6 Å². The van der Waals surface area contributed by atoms with E-state index in [9.17, 15) is 13.2 Å². The first kappa shape index (κ1) is 20.6. The summed E-state index contributed by atoms with van der Waals surface area (Å²) in [5, 5.41) is 4.34. The van der Waals surface area contributed by atoms with Crippen LogP contribution in [0, 0.1) is 6.92 Å². The zero-order valence-corrected chi connectivity index (χ0v) is 16.9. The van der Waals surface area contributed by atoms with Crippen LogP contribution in [-0.2, 0) is 10.1 Å². The molecule has 0 spiro atoms. The Bertz CT molecular complexity index is 1140. The van der Waals surface area contributed by atoms with Crippen LogP contribution in [0.15, 0.2) is 82.8 Å². The lowest BCUT2D eigenvalue weighted by atomic mass is 10.2. The van der Waals surface area contributed by atoms with Gasteiger partial charge in [0.1, 0.15) is 10.6 Å². The molecule has 0 unspecified atom stereocenters. The summed E-state index contributed by atoms with van der Waals surface area (Å²) in [5.41, 5.74) is 4.39. The Labute approximate surface area is 173 Å². The summed E-state index contributed by atoms with van der Waals surface area (Å²) in [6, 6.07) is 19.1. The monoisotopic (exact) mass is 428 g/mol. The standard InChI is InChI=1S/C21H17ClN2O4S/c1-15-5-11-20(12-6-15)29(26,27)28-19-9-7-16(8-10-19)14-23-24-21(25)17-3-2-4-18(22)13-17/h2-14H,1H3,(H,24,25). The van der Waals surface area contributed by atoms with Crippen molar-refractivity contribution in [1.82, 2.24) is 5.43 Å². The highest BCUT2D eigenvalue weighted by atomic mass is 35.5. The molecule has 0 radical (unpaired) electrons. The van der Waals surface area contributed by atoms with E-state index in [1.165, 1.54) is 36.5 Å². The molecular weight excluding hydrogens is 412 g/mol. The molecule has 1 amide bonds. The molecule has 0 heterocycles. The number of benzene rings is 3. The zero-order valence-electron chi connectivity index (χ0n) is 15.4. The minimum absolute atomic E-state index is 0.0810. The Hall–Kier alpha value is -3.16. The minimum atomic E-state index is -3.91. The maximum absolute atomic E-state index is 12.3. The number of hydrogen-bond donors (Lipinski definition) is 1. The van der Waals surface area contributed by atoms with Crippen molar-refractivity contribution >= 4 is 33.8 Å². The van der Waals surface area contributed by atoms with Crippen molar-refractivity contribution in [2.45, 2.75) is 11.8 Å². The molecule has 3 aromatic rings. The van der Waals surface area contributed by atoms with E-state index >= 15 is 0 Å². The molecule has 0 aliphatic carbocycles. The SMILES string of the molecule is Cc1ccc(S(=O)(=O)Oc2ccc(C=NNC(=O)c3cccc(Cl)c3)cc2)cc1. The van der Waals surface area contributed by atoms with Gasteiger partial charge in [-0.15, -0.1) is 0 Å². The van der Waals surface area contributed by atoms with Crippen LogP contribution in [0.2, 0.25) is 5.02 Å². The van der Waals surface area contributed by atoms with Crippen LogP contribution < -0.4 is 9.61 Å². The van der Waals surface area contributed by atoms with Crippen LogP contribution in [0.1, 0.15) is 21.5 Å². The average Bonchev–Trinajstić information content (AvgIpc) is 2.69. The van der Waals surface area contributed by atoms with Crippen LogP contribution in [0.25, 0.3) is 0 Å². The zero-order chi connectivity index (χ0) is 20.9. The van der Waals surface area contributed by atoms with Crippen LogP contribution in [-0.4, -0.2) is 20.5 Å². The first-order chi connectivity index (χ1) is 13.8. The van der Waals surface area contributed by atoms with Crippen molar-refractivity contribution in [3.8, 4) is 5.75 Å². The molecule has 8 heteroatoms. The summed E-state index contributed by atoms with van der Waals surface area (Å²) in [5.74, 6) is -0.224. The van der Waals surface area contributed by atoms with Gasteiger partial charge in [-0.3, -0.25) is 4.79 Å². The molecule has 6 nitrogen and oxygen atoms in total. The van der Waals surface area contributed by atoms with Gasteiger partial charge in [-0.25, -0.2) is 5.43 Å². The van der Waals surface area contributed by atoms with Gasteiger partial charge >= 0.3 is 10.1 Å². The lowest BCUT2D eigenvalue weighted by Gasteiger charge is -2.07. The fourth-order valence-electron chi connectivity index (χ4n) is 2.35. The topological polar surface area (TPSA) is 84.8 Å². The predicted octanol–water partition coefficient (Wildman–Crippen LogP) is 4.18. The van der Waals surface area contributed by atoms with Crippen molar-refractivity contribution in [1.29, 1.82) is 0 Å². The van der Waals surface area contributed by atoms with Crippen molar-refractivity contribution in [2.24, 2.45) is 5.10 Å². The van der Waals surface area contributed by atoms with Crippen molar-refractivity contribution < 1.29 is 17.4 Å². The number of hydrazone groups is 1. The Morgan fingerprint density at radius 1 is 1.03 bits per heavy atom. The summed E-state index contributed by atoms with van der Waals surface area (Å²) < 4.78 is 29.7. The summed E-state index contributed by atoms with van der Waals surface area (Å²) in [6.45, 7) is 1.87. The minimum Gasteiger partial charge on any atom is -0.379 e. The molecule has 3 aromatic carbocycles. The number of hydrogen-bond acceptors (Lipinski definition) is 5. The quantitative estimate of drug-likeness (QED) is 0.362. The van der Waals surface area contributed by atoms with Crippen molar-refractivity contribution in [3.05, 3.63) is 94.5 Å². The highest BCUT2D eigenvalue weighted by Crippen LogP contribution is 2.19. The molecule has 29 heavy (non-hydrogen) atoms. The first-order valence-electron chi connectivity index (χ1n) is 8.54. The second-order valence-corrected chi connectivity index (χ2v) is 8.11. The molecule has 0 aliphatic heterocycles. The van der Waals surface area contributed by atoms with Gasteiger partial charge in [-0.1, -0.05) is 35.4 Å². The normalized spacial score (nSPS) is 11.4. The van der Waals surface area contributed by atoms with E-state index in [0.717, 1.165) is 5.56 Å². The van der Waals surface area contributed by atoms with Crippen LogP contribution in [0.5, 0.6) is 5.75 Å². The number of halogens is 1. The Balaban J connectivity index is 1.62. The van der Waals surface area contributed by atoms with Crippen LogP contribution in [0.3, 0.4) is 0 Å². The first-order valence-corrected chi connectivity index (χ1v) is 10.3. The molecule has 148 valence electrons. The predicted molar refractivity (Wildman–Crippen MR) is 112 cm³/mol. The third kappa shape index (κ3) is 5.66. The molecule has 0 aliphatic rings. The van der Waals surface area contributed by atoms with E-state index in [-0.39, 0.29) is 10.6 Å². The summed E-state index contributed by atoms with van der Waals surface area (Å²) in [7, 11) is -3.91. The van der Waals surface area contributed by atoms with E-state index in [2.05, 4.69) is 10.5 Å². The van der Waals surface area contributed by atoms with Gasteiger partial charge in [-0.2, -0.15) is 13.5 Å². The van der Waals surface area contributed by atoms with E-state index in [4.69, 9.17) is 15.8 Å². The summed E-state index contributed by atoms with van der Waals surface area (Å²) in [6.07, 6.45) is 1.43. The van der Waals surface area contributed by atoms with Crippen LogP contribution in [0.4, 0.5) is 0 Å². The van der Waals surface area contributed by atoms with Gasteiger partial charge < -0.3 is 4.18 Å². The van der Waals surface area contributed by atoms with Gasteiger partial charge in [0.2, 0.25) is 0 Å². The maximum Gasteiger partial charge on any atom is 0.339 e. The van der Waals surface area contributed by atoms with E-state index in [1.54, 1.807) is 42.5 Å². The molecule has 0 aromatic heterocycles. The number of aryl methyl sites for hydroxylation is 1. The number of carbonyl (C=O) groups excluding carboxylic acids is 1. The number of nitrogens with zero attached hydrogens (tertiary/aromatic N) is 1. The number of rotatable bonds is 6. The largest absolute Gasteiger partial charge is 0.379 e. The highest BCUT2D eigenvalue weighted by Gasteiger charge is 2.16. The molecule has 0 saturated carbocycles. The molecule has 0 saturated heterocycles. The summed E-state index contributed by atoms with van der Waals surface area (Å²) >= 11 is 5.85. The fourth-order valence-corrected chi connectivity index (χ4v) is 3.47. The third-order valence-corrected chi connectivity index (χ3v) is 5.36. The Morgan fingerprint density at radius 3 is 2.38 bits per heavy atom. The van der Waals surface area contributed by atoms with Gasteiger partial charge in [-0.05, 0) is 67.1 Å². The Kier molecular flexibility index (Phi) is 6.31. The second-order valence-electron chi connectivity index (χ2n) is 6.13. The lowest BCUT2D eigenvalue weighted by molar-refractivity contribution is 0.0955. The number of amides is 1. The van der Waals surface area contributed by atoms with E-state index < -0.39 is 16.0 Å². The number of carbonyl (C=O) groups is 1.